The zero-order valence-electron chi connectivity index (χ0n) is 9.69. The van der Waals surface area contributed by atoms with Gasteiger partial charge in [-0.15, -0.1) is 0 Å². The van der Waals surface area contributed by atoms with Crippen LogP contribution in [0.1, 0.15) is 23.2 Å². The van der Waals surface area contributed by atoms with Crippen molar-refractivity contribution in [3.05, 3.63) is 23.1 Å². The summed E-state index contributed by atoms with van der Waals surface area (Å²) < 4.78 is 4.94. The highest BCUT2D eigenvalue weighted by atomic mass is 35.5. The third-order valence-corrected chi connectivity index (χ3v) is 4.00. The van der Waals surface area contributed by atoms with E-state index in [2.05, 4.69) is 5.32 Å². The van der Waals surface area contributed by atoms with Crippen molar-refractivity contribution in [2.75, 3.05) is 13.1 Å². The highest BCUT2D eigenvalue weighted by molar-refractivity contribution is 6.32. The Labute approximate surface area is 109 Å². The predicted molar refractivity (Wildman–Crippen MR) is 64.3 cm³/mol. The van der Waals surface area contributed by atoms with Crippen molar-refractivity contribution in [3.63, 3.8) is 0 Å². The summed E-state index contributed by atoms with van der Waals surface area (Å²) in [5.41, 5.74) is 0.372. The molecule has 2 unspecified atom stereocenters. The fourth-order valence-corrected chi connectivity index (χ4v) is 3.00. The molecule has 0 radical (unpaired) electrons. The quantitative estimate of drug-likeness (QED) is 0.835. The van der Waals surface area contributed by atoms with Crippen LogP contribution in [0.25, 0.3) is 0 Å². The van der Waals surface area contributed by atoms with Crippen molar-refractivity contribution in [3.8, 4) is 0 Å². The van der Waals surface area contributed by atoms with E-state index < -0.39 is 0 Å². The van der Waals surface area contributed by atoms with E-state index in [1.165, 1.54) is 6.26 Å². The monoisotopic (exact) mass is 268 g/mol. The van der Waals surface area contributed by atoms with E-state index in [4.69, 9.17) is 16.0 Å². The number of carbonyl (C=O) groups excluding carboxylic acids is 2. The van der Waals surface area contributed by atoms with E-state index in [1.54, 1.807) is 11.0 Å². The second-order valence-corrected chi connectivity index (χ2v) is 5.01. The van der Waals surface area contributed by atoms with Crippen molar-refractivity contribution < 1.29 is 14.0 Å². The molecule has 0 spiro atoms. The van der Waals surface area contributed by atoms with Crippen LogP contribution in [0.15, 0.2) is 16.7 Å². The summed E-state index contributed by atoms with van der Waals surface area (Å²) in [4.78, 5) is 25.7. The predicted octanol–water partition coefficient (Wildman–Crippen LogP) is 1.28. The van der Waals surface area contributed by atoms with Crippen molar-refractivity contribution >= 4 is 23.4 Å². The maximum Gasteiger partial charge on any atom is 0.259 e. The average Bonchev–Trinajstić information content (AvgIpc) is 2.95. The molecule has 3 rings (SSSR count). The first-order valence-corrected chi connectivity index (χ1v) is 6.38. The van der Waals surface area contributed by atoms with Gasteiger partial charge in [-0.1, -0.05) is 0 Å². The summed E-state index contributed by atoms with van der Waals surface area (Å²) in [6.07, 6.45) is 3.09. The van der Waals surface area contributed by atoms with E-state index in [9.17, 15) is 9.59 Å². The Balaban J connectivity index is 1.86. The zero-order chi connectivity index (χ0) is 12.7. The molecule has 1 aromatic heterocycles. The van der Waals surface area contributed by atoms with Gasteiger partial charge in [-0.25, -0.2) is 0 Å². The highest BCUT2D eigenvalue weighted by Crippen LogP contribution is 2.30. The number of amides is 2. The van der Waals surface area contributed by atoms with E-state index in [0.717, 1.165) is 12.8 Å². The van der Waals surface area contributed by atoms with Crippen LogP contribution in [0.2, 0.25) is 5.22 Å². The average molecular weight is 269 g/mol. The lowest BCUT2D eigenvalue weighted by molar-refractivity contribution is -0.123. The van der Waals surface area contributed by atoms with Gasteiger partial charge in [0, 0.05) is 13.1 Å². The van der Waals surface area contributed by atoms with Crippen LogP contribution in [0.3, 0.4) is 0 Å². The number of fused-ring (bicyclic) bond motifs is 1. The van der Waals surface area contributed by atoms with Crippen LogP contribution in [-0.2, 0) is 4.79 Å². The number of rotatable bonds is 1. The van der Waals surface area contributed by atoms with Crippen molar-refractivity contribution in [1.82, 2.24) is 10.2 Å². The second kappa shape index (κ2) is 4.31. The minimum absolute atomic E-state index is 0.0512. The molecule has 1 aromatic rings. The molecule has 5 nitrogen and oxygen atoms in total. The number of piperidine rings is 1. The number of nitrogens with one attached hydrogen (secondary N) is 1. The number of furan rings is 1. The molecule has 0 saturated carbocycles. The van der Waals surface area contributed by atoms with E-state index in [-0.39, 0.29) is 29.0 Å². The number of carbonyl (C=O) groups is 2. The number of hydrogen-bond acceptors (Lipinski definition) is 3. The molecule has 2 aliphatic heterocycles. The summed E-state index contributed by atoms with van der Waals surface area (Å²) in [5.74, 6) is -0.177. The highest BCUT2D eigenvalue weighted by Gasteiger charge is 2.43. The summed E-state index contributed by atoms with van der Waals surface area (Å²) >= 11 is 5.83. The molecule has 6 heteroatoms. The molecule has 2 fully saturated rings. The van der Waals surface area contributed by atoms with Gasteiger partial charge in [-0.05, 0) is 30.5 Å². The van der Waals surface area contributed by atoms with Crippen LogP contribution in [0, 0.1) is 5.92 Å². The van der Waals surface area contributed by atoms with Crippen LogP contribution in [0.5, 0.6) is 0 Å². The molecule has 0 bridgehead atoms. The first-order valence-electron chi connectivity index (χ1n) is 6.00. The van der Waals surface area contributed by atoms with Gasteiger partial charge < -0.3 is 14.6 Å². The Hall–Kier alpha value is -1.49. The maximum absolute atomic E-state index is 12.4. The molecule has 96 valence electrons. The van der Waals surface area contributed by atoms with Gasteiger partial charge in [-0.2, -0.15) is 0 Å². The molecule has 0 aliphatic carbocycles. The van der Waals surface area contributed by atoms with Crippen molar-refractivity contribution in [2.45, 2.75) is 18.9 Å². The van der Waals surface area contributed by atoms with Crippen LogP contribution in [-0.4, -0.2) is 35.8 Å². The summed E-state index contributed by atoms with van der Waals surface area (Å²) in [5, 5.41) is 2.93. The molecule has 0 aromatic carbocycles. The molecule has 2 amide bonds. The smallest absolute Gasteiger partial charge is 0.259 e. The summed E-state index contributed by atoms with van der Waals surface area (Å²) in [7, 11) is 0. The third-order valence-electron chi connectivity index (χ3n) is 3.71. The number of hydrogen-bond donors (Lipinski definition) is 1. The Kier molecular flexibility index (Phi) is 2.78. The Morgan fingerprint density at radius 3 is 3.11 bits per heavy atom. The standard InChI is InChI=1S/C12H13ClN2O3/c13-10-8(3-5-18-10)12(17)15-4-1-2-7-9(15)6-14-11(7)16/h3,5,7,9H,1-2,4,6H2,(H,14,16). The first-order chi connectivity index (χ1) is 8.68. The molecule has 2 atom stereocenters. The SMILES string of the molecule is O=C1NCC2C1CCCN2C(=O)c1ccoc1Cl. The minimum Gasteiger partial charge on any atom is -0.452 e. The normalized spacial score (nSPS) is 26.9. The van der Waals surface area contributed by atoms with Crippen LogP contribution < -0.4 is 5.32 Å². The van der Waals surface area contributed by atoms with Crippen LogP contribution in [0.4, 0.5) is 0 Å². The Morgan fingerprint density at radius 2 is 2.39 bits per heavy atom. The second-order valence-electron chi connectivity index (χ2n) is 4.67. The maximum atomic E-state index is 12.4. The zero-order valence-corrected chi connectivity index (χ0v) is 10.4. The fraction of sp³-hybridized carbons (Fsp3) is 0.500. The molecule has 2 aliphatic rings. The van der Waals surface area contributed by atoms with Gasteiger partial charge in [0.05, 0.1) is 23.8 Å². The molecular weight excluding hydrogens is 256 g/mol. The molecule has 18 heavy (non-hydrogen) atoms. The van der Waals surface area contributed by atoms with Gasteiger partial charge in [0.1, 0.15) is 0 Å². The first kappa shape index (κ1) is 11.6. The van der Waals surface area contributed by atoms with E-state index >= 15 is 0 Å². The molecule has 3 heterocycles. The summed E-state index contributed by atoms with van der Waals surface area (Å²) in [6.45, 7) is 1.20. The lowest BCUT2D eigenvalue weighted by Gasteiger charge is -2.35. The fourth-order valence-electron chi connectivity index (χ4n) is 2.80. The van der Waals surface area contributed by atoms with Crippen molar-refractivity contribution in [1.29, 1.82) is 0 Å². The topological polar surface area (TPSA) is 62.6 Å². The Morgan fingerprint density at radius 1 is 1.56 bits per heavy atom. The van der Waals surface area contributed by atoms with Crippen LogP contribution >= 0.6 is 11.6 Å². The number of halogens is 1. The van der Waals surface area contributed by atoms with Gasteiger partial charge in [0.25, 0.3) is 5.91 Å². The molecule has 2 saturated heterocycles. The third kappa shape index (κ3) is 1.70. The van der Waals surface area contributed by atoms with E-state index in [0.29, 0.717) is 18.7 Å². The van der Waals surface area contributed by atoms with Gasteiger partial charge in [0.15, 0.2) is 0 Å². The largest absolute Gasteiger partial charge is 0.452 e. The molecular formula is C12H13ClN2O3. The Bertz CT molecular complexity index is 499. The van der Waals surface area contributed by atoms with Gasteiger partial charge in [0.2, 0.25) is 11.1 Å². The van der Waals surface area contributed by atoms with Gasteiger partial charge >= 0.3 is 0 Å². The lowest BCUT2D eigenvalue weighted by atomic mass is 9.91. The van der Waals surface area contributed by atoms with E-state index in [1.807, 2.05) is 0 Å². The number of likely N-dealkylation sites (tertiary alicyclic amines) is 1. The summed E-state index contributed by atoms with van der Waals surface area (Å²) in [6, 6.07) is 1.52. The lowest BCUT2D eigenvalue weighted by Crippen LogP contribution is -2.48. The van der Waals surface area contributed by atoms with Crippen molar-refractivity contribution in [2.24, 2.45) is 5.92 Å². The molecule has 1 N–H and O–H groups in total. The van der Waals surface area contributed by atoms with Gasteiger partial charge in [-0.3, -0.25) is 9.59 Å². The number of nitrogens with zero attached hydrogens (tertiary/aromatic N) is 1. The minimum atomic E-state index is -0.153.